The van der Waals surface area contributed by atoms with Gasteiger partial charge in [0, 0.05) is 38.6 Å². The van der Waals surface area contributed by atoms with Crippen LogP contribution in [0.25, 0.3) is 0 Å². The van der Waals surface area contributed by atoms with Crippen LogP contribution >= 0.6 is 11.8 Å². The molecule has 0 saturated carbocycles. The third-order valence-electron chi connectivity index (χ3n) is 2.75. The number of ether oxygens (including phenoxy) is 1. The van der Waals surface area contributed by atoms with Crippen molar-refractivity contribution < 1.29 is 4.74 Å². The van der Waals surface area contributed by atoms with E-state index in [1.54, 1.807) is 0 Å². The zero-order valence-corrected chi connectivity index (χ0v) is 12.9. The molecule has 0 fully saturated rings. The van der Waals surface area contributed by atoms with Crippen LogP contribution in [0.5, 0.6) is 0 Å². The van der Waals surface area contributed by atoms with Gasteiger partial charge in [-0.15, -0.1) is 0 Å². The molecule has 0 saturated heterocycles. The first kappa shape index (κ1) is 17.5. The van der Waals surface area contributed by atoms with Gasteiger partial charge in [0.25, 0.3) is 0 Å². The highest BCUT2D eigenvalue weighted by Crippen LogP contribution is 2.08. The van der Waals surface area contributed by atoms with Crippen LogP contribution < -0.4 is 11.3 Å². The maximum atomic E-state index is 5.54. The third kappa shape index (κ3) is 7.08. The predicted octanol–water partition coefficient (Wildman–Crippen LogP) is 1.31. The van der Waals surface area contributed by atoms with E-state index in [0.717, 1.165) is 44.3 Å². The van der Waals surface area contributed by atoms with Crippen LogP contribution in [0.4, 0.5) is 0 Å². The van der Waals surface area contributed by atoms with Crippen LogP contribution in [0, 0.1) is 0 Å². The second-order valence-electron chi connectivity index (χ2n) is 4.03. The summed E-state index contributed by atoms with van der Waals surface area (Å²) in [6, 6.07) is 0.460. The molecule has 0 aliphatic carbocycles. The number of nitrogens with zero attached hydrogens (tertiary/aromatic N) is 2. The van der Waals surface area contributed by atoms with Gasteiger partial charge in [0.15, 0.2) is 0 Å². The molecule has 6 heteroatoms. The summed E-state index contributed by atoms with van der Waals surface area (Å²) in [5.74, 6) is 7.38. The van der Waals surface area contributed by atoms with E-state index < -0.39 is 0 Å². The summed E-state index contributed by atoms with van der Waals surface area (Å²) >= 11 is 1.84. The van der Waals surface area contributed by atoms with Crippen LogP contribution in [0.15, 0.2) is 4.99 Å². The molecule has 3 N–H and O–H groups in total. The molecule has 0 heterocycles. The number of hydrogen-bond donors (Lipinski definition) is 2. The molecule has 0 aromatic heterocycles. The highest BCUT2D eigenvalue weighted by Gasteiger charge is 2.15. The van der Waals surface area contributed by atoms with Crippen molar-refractivity contribution >= 4 is 17.7 Å². The topological polar surface area (TPSA) is 62.9 Å². The molecule has 1 atom stereocenters. The maximum Gasteiger partial charge on any atom is 0.208 e. The Morgan fingerprint density at radius 3 is 2.72 bits per heavy atom. The standard InChI is InChI=1S/C12H28N4OS/c1-5-11(10-18-4)16(3)12(15-13)14-8-7-9-17-6-2/h11H,5-10,13H2,1-4H3,(H,14,15). The van der Waals surface area contributed by atoms with Crippen LogP contribution in [-0.2, 0) is 4.74 Å². The minimum Gasteiger partial charge on any atom is -0.382 e. The number of nitrogens with one attached hydrogen (secondary N) is 1. The van der Waals surface area contributed by atoms with Crippen LogP contribution in [0.1, 0.15) is 26.7 Å². The van der Waals surface area contributed by atoms with E-state index in [1.807, 2.05) is 25.7 Å². The highest BCUT2D eigenvalue weighted by atomic mass is 32.2. The summed E-state index contributed by atoms with van der Waals surface area (Å²) < 4.78 is 5.28. The van der Waals surface area contributed by atoms with E-state index in [9.17, 15) is 0 Å². The van der Waals surface area contributed by atoms with E-state index in [2.05, 4.69) is 28.5 Å². The second kappa shape index (κ2) is 11.6. The number of hydrogen-bond acceptors (Lipinski definition) is 4. The number of thioether (sulfide) groups is 1. The van der Waals surface area contributed by atoms with Crippen LogP contribution in [-0.4, -0.2) is 55.7 Å². The number of guanidine groups is 1. The van der Waals surface area contributed by atoms with Crippen molar-refractivity contribution in [3.63, 3.8) is 0 Å². The van der Waals surface area contributed by atoms with Gasteiger partial charge >= 0.3 is 0 Å². The lowest BCUT2D eigenvalue weighted by Gasteiger charge is -2.29. The minimum atomic E-state index is 0.460. The van der Waals surface area contributed by atoms with Gasteiger partial charge in [-0.3, -0.25) is 10.4 Å². The predicted molar refractivity (Wildman–Crippen MR) is 81.0 cm³/mol. The van der Waals surface area contributed by atoms with E-state index >= 15 is 0 Å². The number of rotatable bonds is 9. The zero-order chi connectivity index (χ0) is 13.8. The van der Waals surface area contributed by atoms with E-state index in [-0.39, 0.29) is 0 Å². The van der Waals surface area contributed by atoms with E-state index in [1.165, 1.54) is 0 Å². The van der Waals surface area contributed by atoms with Crippen molar-refractivity contribution in [2.24, 2.45) is 10.8 Å². The van der Waals surface area contributed by atoms with Gasteiger partial charge in [0.05, 0.1) is 0 Å². The molecule has 0 aromatic carbocycles. The Morgan fingerprint density at radius 2 is 2.22 bits per heavy atom. The van der Waals surface area contributed by atoms with Crippen molar-refractivity contribution in [2.75, 3.05) is 38.8 Å². The molecule has 18 heavy (non-hydrogen) atoms. The first-order valence-electron chi connectivity index (χ1n) is 6.51. The summed E-state index contributed by atoms with van der Waals surface area (Å²) in [6.07, 6.45) is 4.12. The lowest BCUT2D eigenvalue weighted by atomic mass is 10.2. The number of hydrazine groups is 1. The quantitative estimate of drug-likeness (QED) is 0.218. The van der Waals surface area contributed by atoms with Gasteiger partial charge in [-0.1, -0.05) is 6.92 Å². The molecular weight excluding hydrogens is 248 g/mol. The molecule has 0 aliphatic rings. The lowest BCUT2D eigenvalue weighted by molar-refractivity contribution is 0.146. The summed E-state index contributed by atoms with van der Waals surface area (Å²) in [7, 11) is 2.03. The molecule has 5 nitrogen and oxygen atoms in total. The van der Waals surface area contributed by atoms with E-state index in [0.29, 0.717) is 6.04 Å². The fourth-order valence-electron chi connectivity index (χ4n) is 1.62. The Kier molecular flexibility index (Phi) is 11.3. The van der Waals surface area contributed by atoms with Crippen molar-refractivity contribution in [3.05, 3.63) is 0 Å². The normalized spacial score (nSPS) is 13.5. The highest BCUT2D eigenvalue weighted by molar-refractivity contribution is 7.98. The molecule has 1 unspecified atom stereocenters. The van der Waals surface area contributed by atoms with Gasteiger partial charge in [0.1, 0.15) is 0 Å². The largest absolute Gasteiger partial charge is 0.382 e. The Labute approximate surface area is 116 Å². The molecule has 0 bridgehead atoms. The third-order valence-corrected chi connectivity index (χ3v) is 3.47. The van der Waals surface area contributed by atoms with Crippen LogP contribution in [0.2, 0.25) is 0 Å². The van der Waals surface area contributed by atoms with Crippen molar-refractivity contribution in [3.8, 4) is 0 Å². The number of aliphatic imine (C=N–C) groups is 1. The fraction of sp³-hybridized carbons (Fsp3) is 0.917. The van der Waals surface area contributed by atoms with Crippen LogP contribution in [0.3, 0.4) is 0 Å². The Hall–Kier alpha value is -0.460. The lowest BCUT2D eigenvalue weighted by Crippen LogP contribution is -2.48. The van der Waals surface area contributed by atoms with Crippen molar-refractivity contribution in [2.45, 2.75) is 32.7 Å². The monoisotopic (exact) mass is 276 g/mol. The summed E-state index contributed by atoms with van der Waals surface area (Å²) in [6.45, 7) is 6.43. The molecule has 0 rings (SSSR count). The second-order valence-corrected chi connectivity index (χ2v) is 4.94. The van der Waals surface area contributed by atoms with Crippen molar-refractivity contribution in [1.29, 1.82) is 0 Å². The Bertz CT molecular complexity index is 226. The number of nitrogens with two attached hydrogens (primary N) is 1. The fourth-order valence-corrected chi connectivity index (χ4v) is 2.47. The summed E-state index contributed by atoms with van der Waals surface area (Å²) in [5, 5.41) is 0. The van der Waals surface area contributed by atoms with Gasteiger partial charge < -0.3 is 9.64 Å². The first-order chi connectivity index (χ1) is 8.71. The van der Waals surface area contributed by atoms with Gasteiger partial charge in [-0.05, 0) is 26.0 Å². The molecule has 0 spiro atoms. The minimum absolute atomic E-state index is 0.460. The summed E-state index contributed by atoms with van der Waals surface area (Å²) in [5.41, 5.74) is 2.69. The molecular formula is C12H28N4OS. The van der Waals surface area contributed by atoms with Gasteiger partial charge in [-0.2, -0.15) is 11.8 Å². The van der Waals surface area contributed by atoms with Gasteiger partial charge in [0.2, 0.25) is 5.96 Å². The molecule has 0 aromatic rings. The smallest absolute Gasteiger partial charge is 0.208 e. The van der Waals surface area contributed by atoms with Crippen molar-refractivity contribution in [1.82, 2.24) is 10.3 Å². The average molecular weight is 276 g/mol. The van der Waals surface area contributed by atoms with E-state index in [4.69, 9.17) is 10.6 Å². The first-order valence-corrected chi connectivity index (χ1v) is 7.91. The average Bonchev–Trinajstić information content (AvgIpc) is 2.39. The molecule has 0 amide bonds. The summed E-state index contributed by atoms with van der Waals surface area (Å²) in [4.78, 5) is 6.60. The zero-order valence-electron chi connectivity index (χ0n) is 12.1. The molecule has 108 valence electrons. The molecule has 0 aliphatic heterocycles. The maximum absolute atomic E-state index is 5.54. The van der Waals surface area contributed by atoms with Gasteiger partial charge in [-0.25, -0.2) is 5.84 Å². The Morgan fingerprint density at radius 1 is 1.50 bits per heavy atom. The SMILES string of the molecule is CCOCCCN=C(NN)N(C)C(CC)CSC. The molecule has 0 radical (unpaired) electrons. The Balaban J connectivity index is 4.22.